The molecule has 0 radical (unpaired) electrons. The Labute approximate surface area is 130 Å². The Kier molecular flexibility index (Phi) is 6.58. The summed E-state index contributed by atoms with van der Waals surface area (Å²) in [5.74, 6) is 1.80. The lowest BCUT2D eigenvalue weighted by atomic mass is 10.0. The molecule has 1 amide bonds. The van der Waals surface area contributed by atoms with Crippen LogP contribution in [0, 0.1) is 5.92 Å². The number of rotatable bonds is 6. The predicted molar refractivity (Wildman–Crippen MR) is 82.0 cm³/mol. The van der Waals surface area contributed by atoms with E-state index in [-0.39, 0.29) is 18.3 Å². The molecule has 21 heavy (non-hydrogen) atoms. The molecule has 0 spiro atoms. The molecule has 1 aromatic rings. The molecular weight excluding hydrogens is 296 g/mol. The van der Waals surface area contributed by atoms with Crippen LogP contribution < -0.4 is 24.8 Å². The maximum atomic E-state index is 12.1. The van der Waals surface area contributed by atoms with Crippen LogP contribution in [0.4, 0.5) is 0 Å². The number of nitrogens with one attached hydrogen (secondary N) is 2. The fourth-order valence-electron chi connectivity index (χ4n) is 2.04. The van der Waals surface area contributed by atoms with Crippen molar-refractivity contribution in [2.45, 2.75) is 0 Å². The predicted octanol–water partition coefficient (Wildman–Crippen LogP) is 1.08. The van der Waals surface area contributed by atoms with Gasteiger partial charge in [0.15, 0.2) is 11.5 Å². The minimum Gasteiger partial charge on any atom is -0.493 e. The first-order valence-corrected chi connectivity index (χ1v) is 6.48. The van der Waals surface area contributed by atoms with Crippen LogP contribution >= 0.6 is 12.4 Å². The third-order valence-electron chi connectivity index (χ3n) is 3.34. The second-order valence-corrected chi connectivity index (χ2v) is 4.65. The van der Waals surface area contributed by atoms with Gasteiger partial charge in [0, 0.05) is 31.1 Å². The highest BCUT2D eigenvalue weighted by atomic mass is 35.5. The fourth-order valence-corrected chi connectivity index (χ4v) is 2.04. The molecule has 1 aliphatic heterocycles. The molecule has 1 heterocycles. The second-order valence-electron chi connectivity index (χ2n) is 4.65. The summed E-state index contributed by atoms with van der Waals surface area (Å²) < 4.78 is 15.7. The Morgan fingerprint density at radius 2 is 1.76 bits per heavy atom. The molecule has 0 atom stereocenters. The van der Waals surface area contributed by atoms with E-state index < -0.39 is 0 Å². The van der Waals surface area contributed by atoms with Gasteiger partial charge < -0.3 is 24.8 Å². The minimum absolute atomic E-state index is 0. The molecule has 0 aliphatic carbocycles. The van der Waals surface area contributed by atoms with Gasteiger partial charge in [-0.05, 0) is 12.1 Å². The van der Waals surface area contributed by atoms with Gasteiger partial charge in [0.2, 0.25) is 5.75 Å². The van der Waals surface area contributed by atoms with Crippen LogP contribution in [0.15, 0.2) is 12.1 Å². The summed E-state index contributed by atoms with van der Waals surface area (Å²) in [6, 6.07) is 3.30. The van der Waals surface area contributed by atoms with Crippen molar-refractivity contribution < 1.29 is 19.0 Å². The van der Waals surface area contributed by atoms with Crippen molar-refractivity contribution in [3.05, 3.63) is 17.7 Å². The van der Waals surface area contributed by atoms with Crippen molar-refractivity contribution in [2.75, 3.05) is 41.0 Å². The van der Waals surface area contributed by atoms with Crippen molar-refractivity contribution in [1.29, 1.82) is 0 Å². The summed E-state index contributed by atoms with van der Waals surface area (Å²) in [5, 5.41) is 6.08. The van der Waals surface area contributed by atoms with Gasteiger partial charge in [0.1, 0.15) is 0 Å². The monoisotopic (exact) mass is 316 g/mol. The zero-order valence-corrected chi connectivity index (χ0v) is 13.2. The van der Waals surface area contributed by atoms with E-state index in [1.807, 2.05) is 0 Å². The van der Waals surface area contributed by atoms with Gasteiger partial charge >= 0.3 is 0 Å². The first-order chi connectivity index (χ1) is 9.69. The van der Waals surface area contributed by atoms with E-state index in [1.54, 1.807) is 12.1 Å². The zero-order valence-electron chi connectivity index (χ0n) is 12.4. The van der Waals surface area contributed by atoms with E-state index in [0.717, 1.165) is 13.1 Å². The number of ether oxygens (including phenoxy) is 3. The number of methoxy groups -OCH3 is 3. The Hall–Kier alpha value is -1.66. The molecule has 0 saturated carbocycles. The standard InChI is InChI=1S/C14H20N2O4.ClH/c1-18-11-4-10(5-12(19-2)13(11)20-3)14(17)16-8-9-6-15-7-9;/h4-5,9,15H,6-8H2,1-3H3,(H,16,17);1H. The van der Waals surface area contributed by atoms with Crippen LogP contribution in [-0.4, -0.2) is 46.9 Å². The molecule has 0 bridgehead atoms. The molecule has 118 valence electrons. The highest BCUT2D eigenvalue weighted by Crippen LogP contribution is 2.38. The fraction of sp³-hybridized carbons (Fsp3) is 0.500. The summed E-state index contributed by atoms with van der Waals surface area (Å²) in [6.45, 7) is 2.58. The highest BCUT2D eigenvalue weighted by molar-refractivity contribution is 5.95. The summed E-state index contributed by atoms with van der Waals surface area (Å²) in [4.78, 5) is 12.1. The number of carbonyl (C=O) groups is 1. The average Bonchev–Trinajstić information content (AvgIpc) is 2.43. The maximum absolute atomic E-state index is 12.1. The van der Waals surface area contributed by atoms with Crippen molar-refractivity contribution >= 4 is 18.3 Å². The SMILES string of the molecule is COc1cc(C(=O)NCC2CNC2)cc(OC)c1OC.Cl. The summed E-state index contributed by atoms with van der Waals surface area (Å²) in [7, 11) is 4.59. The van der Waals surface area contributed by atoms with E-state index in [2.05, 4.69) is 10.6 Å². The number of hydrogen-bond acceptors (Lipinski definition) is 5. The second kappa shape index (κ2) is 7.95. The first kappa shape index (κ1) is 17.4. The van der Waals surface area contributed by atoms with Crippen LogP contribution in [0.25, 0.3) is 0 Å². The van der Waals surface area contributed by atoms with Gasteiger partial charge in [-0.15, -0.1) is 12.4 Å². The van der Waals surface area contributed by atoms with Crippen molar-refractivity contribution in [3.63, 3.8) is 0 Å². The number of hydrogen-bond donors (Lipinski definition) is 2. The van der Waals surface area contributed by atoms with Crippen LogP contribution in [0.3, 0.4) is 0 Å². The topological polar surface area (TPSA) is 68.8 Å². The number of halogens is 1. The van der Waals surface area contributed by atoms with Gasteiger partial charge in [-0.3, -0.25) is 4.79 Å². The summed E-state index contributed by atoms with van der Waals surface area (Å²) in [6.07, 6.45) is 0. The Morgan fingerprint density at radius 3 is 2.14 bits per heavy atom. The smallest absolute Gasteiger partial charge is 0.251 e. The zero-order chi connectivity index (χ0) is 14.5. The lowest BCUT2D eigenvalue weighted by Crippen LogP contribution is -2.48. The molecule has 1 aromatic carbocycles. The molecule has 1 fully saturated rings. The Bertz CT molecular complexity index is 467. The van der Waals surface area contributed by atoms with E-state index in [0.29, 0.717) is 35.3 Å². The Morgan fingerprint density at radius 1 is 1.19 bits per heavy atom. The minimum atomic E-state index is -0.142. The molecule has 2 N–H and O–H groups in total. The average molecular weight is 317 g/mol. The number of benzene rings is 1. The molecule has 0 unspecified atom stereocenters. The van der Waals surface area contributed by atoms with Gasteiger partial charge in [-0.2, -0.15) is 0 Å². The largest absolute Gasteiger partial charge is 0.493 e. The molecule has 1 aliphatic rings. The van der Waals surface area contributed by atoms with E-state index in [4.69, 9.17) is 14.2 Å². The normalized spacial score (nSPS) is 13.7. The van der Waals surface area contributed by atoms with Crippen LogP contribution in [0.1, 0.15) is 10.4 Å². The van der Waals surface area contributed by atoms with E-state index in [9.17, 15) is 4.79 Å². The van der Waals surface area contributed by atoms with Crippen molar-refractivity contribution in [3.8, 4) is 17.2 Å². The van der Waals surface area contributed by atoms with Crippen LogP contribution in [0.5, 0.6) is 17.2 Å². The number of carbonyl (C=O) groups excluding carboxylic acids is 1. The number of amides is 1. The maximum Gasteiger partial charge on any atom is 0.251 e. The van der Waals surface area contributed by atoms with E-state index in [1.165, 1.54) is 21.3 Å². The van der Waals surface area contributed by atoms with Gasteiger partial charge in [0.05, 0.1) is 21.3 Å². The molecule has 6 nitrogen and oxygen atoms in total. The summed E-state index contributed by atoms with van der Waals surface area (Å²) in [5.41, 5.74) is 0.492. The van der Waals surface area contributed by atoms with Gasteiger partial charge in [-0.25, -0.2) is 0 Å². The lowest BCUT2D eigenvalue weighted by Gasteiger charge is -2.27. The third kappa shape index (κ3) is 3.92. The quantitative estimate of drug-likeness (QED) is 0.822. The van der Waals surface area contributed by atoms with Gasteiger partial charge in [0.25, 0.3) is 5.91 Å². The van der Waals surface area contributed by atoms with Crippen molar-refractivity contribution in [2.24, 2.45) is 5.92 Å². The highest BCUT2D eigenvalue weighted by Gasteiger charge is 2.20. The molecule has 0 aromatic heterocycles. The van der Waals surface area contributed by atoms with Crippen molar-refractivity contribution in [1.82, 2.24) is 10.6 Å². The molecular formula is C14H21ClN2O4. The molecule has 2 rings (SSSR count). The van der Waals surface area contributed by atoms with Gasteiger partial charge in [-0.1, -0.05) is 0 Å². The Balaban J connectivity index is 0.00000220. The lowest BCUT2D eigenvalue weighted by molar-refractivity contribution is 0.0941. The third-order valence-corrected chi connectivity index (χ3v) is 3.34. The molecule has 1 saturated heterocycles. The molecule has 7 heteroatoms. The first-order valence-electron chi connectivity index (χ1n) is 6.48. The van der Waals surface area contributed by atoms with Crippen LogP contribution in [0.2, 0.25) is 0 Å². The van der Waals surface area contributed by atoms with Crippen LogP contribution in [-0.2, 0) is 0 Å². The van der Waals surface area contributed by atoms with E-state index >= 15 is 0 Å². The summed E-state index contributed by atoms with van der Waals surface area (Å²) >= 11 is 0.